The number of benzene rings is 1. The molecule has 1 heterocycles. The molecule has 0 radical (unpaired) electrons. The van der Waals surface area contributed by atoms with Crippen LogP contribution in [0.2, 0.25) is 0 Å². The Morgan fingerprint density at radius 2 is 2.05 bits per heavy atom. The first kappa shape index (κ1) is 16.4. The van der Waals surface area contributed by atoms with Crippen LogP contribution in [0.25, 0.3) is 0 Å². The highest BCUT2D eigenvalue weighted by molar-refractivity contribution is 5.74. The second-order valence-corrected chi connectivity index (χ2v) is 5.51. The molecule has 1 aliphatic rings. The number of carbonyl (C=O) groups is 1. The van der Waals surface area contributed by atoms with E-state index in [1.54, 1.807) is 0 Å². The van der Waals surface area contributed by atoms with Crippen LogP contribution >= 0.6 is 0 Å². The minimum absolute atomic E-state index is 0.110. The zero-order valence-corrected chi connectivity index (χ0v) is 13.3. The largest absolute Gasteiger partial charge is 0.454 e. The summed E-state index contributed by atoms with van der Waals surface area (Å²) in [5.74, 6) is 1.46. The van der Waals surface area contributed by atoms with Gasteiger partial charge in [0.05, 0.1) is 12.1 Å². The molecule has 1 atom stereocenters. The maximum Gasteiger partial charge on any atom is 0.315 e. The number of hydrogen-bond donors (Lipinski definition) is 2. The Morgan fingerprint density at radius 3 is 2.82 bits per heavy atom. The number of urea groups is 1. The molecule has 122 valence electrons. The van der Waals surface area contributed by atoms with Crippen molar-refractivity contribution in [3.05, 3.63) is 23.8 Å². The fourth-order valence-electron chi connectivity index (χ4n) is 2.11. The van der Waals surface area contributed by atoms with Gasteiger partial charge in [-0.05, 0) is 44.9 Å². The number of hydrogen-bond acceptors (Lipinski definition) is 4. The zero-order chi connectivity index (χ0) is 15.9. The molecule has 0 spiro atoms. The number of rotatable bonds is 7. The van der Waals surface area contributed by atoms with Crippen LogP contribution < -0.4 is 20.1 Å². The van der Waals surface area contributed by atoms with Gasteiger partial charge >= 0.3 is 6.03 Å². The van der Waals surface area contributed by atoms with Crippen LogP contribution in [0.4, 0.5) is 4.79 Å². The molecule has 6 heteroatoms. The quantitative estimate of drug-likeness (QED) is 0.760. The van der Waals surface area contributed by atoms with E-state index in [4.69, 9.17) is 14.2 Å². The molecule has 1 aliphatic heterocycles. The monoisotopic (exact) mass is 308 g/mol. The first-order chi connectivity index (χ1) is 10.6. The molecule has 0 saturated carbocycles. The normalized spacial score (nSPS) is 14.0. The lowest BCUT2D eigenvalue weighted by molar-refractivity contribution is 0.0774. The summed E-state index contributed by atoms with van der Waals surface area (Å²) in [5, 5.41) is 5.72. The first-order valence-electron chi connectivity index (χ1n) is 7.62. The van der Waals surface area contributed by atoms with Crippen molar-refractivity contribution in [3.8, 4) is 11.5 Å². The molecule has 6 nitrogen and oxygen atoms in total. The molecule has 2 rings (SSSR count). The number of ether oxygens (including phenoxy) is 3. The fourth-order valence-corrected chi connectivity index (χ4v) is 2.11. The minimum atomic E-state index is -0.185. The minimum Gasteiger partial charge on any atom is -0.454 e. The van der Waals surface area contributed by atoms with Gasteiger partial charge in [0.1, 0.15) is 0 Å². The van der Waals surface area contributed by atoms with Crippen LogP contribution in [0.3, 0.4) is 0 Å². The number of carbonyl (C=O) groups excluding carboxylic acids is 1. The maximum absolute atomic E-state index is 11.8. The molecule has 22 heavy (non-hydrogen) atoms. The van der Waals surface area contributed by atoms with Gasteiger partial charge in [-0.15, -0.1) is 0 Å². The molecular weight excluding hydrogens is 284 g/mol. The predicted molar refractivity (Wildman–Crippen MR) is 83.2 cm³/mol. The molecule has 2 N–H and O–H groups in total. The highest BCUT2D eigenvalue weighted by Gasteiger charge is 2.16. The van der Waals surface area contributed by atoms with Crippen molar-refractivity contribution in [2.45, 2.75) is 39.3 Å². The summed E-state index contributed by atoms with van der Waals surface area (Å²) in [6, 6.07) is 5.38. The van der Waals surface area contributed by atoms with Gasteiger partial charge in [0, 0.05) is 13.2 Å². The van der Waals surface area contributed by atoms with Gasteiger partial charge in [0.25, 0.3) is 0 Å². The van der Waals surface area contributed by atoms with Crippen molar-refractivity contribution in [2.75, 3.05) is 19.9 Å². The van der Waals surface area contributed by atoms with E-state index < -0.39 is 0 Å². The summed E-state index contributed by atoms with van der Waals surface area (Å²) in [4.78, 5) is 11.8. The van der Waals surface area contributed by atoms with E-state index in [1.165, 1.54) is 0 Å². The van der Waals surface area contributed by atoms with Gasteiger partial charge in [-0.25, -0.2) is 4.79 Å². The molecule has 0 unspecified atom stereocenters. The lowest BCUT2D eigenvalue weighted by atomic mass is 10.1. The maximum atomic E-state index is 11.8. The summed E-state index contributed by atoms with van der Waals surface area (Å²) < 4.78 is 16.0. The lowest BCUT2D eigenvalue weighted by Gasteiger charge is -2.15. The van der Waals surface area contributed by atoms with Crippen LogP contribution in [0.1, 0.15) is 38.8 Å². The van der Waals surface area contributed by atoms with Crippen LogP contribution in [-0.4, -0.2) is 32.1 Å². The van der Waals surface area contributed by atoms with E-state index in [0.717, 1.165) is 23.5 Å². The van der Waals surface area contributed by atoms with Crippen molar-refractivity contribution in [3.63, 3.8) is 0 Å². The second kappa shape index (κ2) is 7.89. The van der Waals surface area contributed by atoms with E-state index in [2.05, 4.69) is 10.6 Å². The summed E-state index contributed by atoms with van der Waals surface area (Å²) >= 11 is 0. The number of nitrogens with one attached hydrogen (secondary N) is 2. The van der Waals surface area contributed by atoms with Gasteiger partial charge in [-0.1, -0.05) is 6.07 Å². The van der Waals surface area contributed by atoms with E-state index >= 15 is 0 Å². The molecular formula is C16H24N2O4. The molecule has 0 aliphatic carbocycles. The summed E-state index contributed by atoms with van der Waals surface area (Å²) in [7, 11) is 0. The van der Waals surface area contributed by atoms with Gasteiger partial charge < -0.3 is 24.8 Å². The summed E-state index contributed by atoms with van der Waals surface area (Å²) in [6.45, 7) is 7.40. The Kier molecular flexibility index (Phi) is 5.89. The van der Waals surface area contributed by atoms with Gasteiger partial charge in [0.2, 0.25) is 6.79 Å². The third kappa shape index (κ3) is 4.80. The average molecular weight is 308 g/mol. The average Bonchev–Trinajstić information content (AvgIpc) is 2.93. The molecule has 0 fully saturated rings. The van der Waals surface area contributed by atoms with Crippen molar-refractivity contribution in [2.24, 2.45) is 0 Å². The van der Waals surface area contributed by atoms with Crippen molar-refractivity contribution in [1.82, 2.24) is 10.6 Å². The van der Waals surface area contributed by atoms with E-state index in [-0.39, 0.29) is 25.0 Å². The number of amides is 2. The molecule has 0 bridgehead atoms. The Hall–Kier alpha value is -1.95. The highest BCUT2D eigenvalue weighted by Crippen LogP contribution is 2.34. The standard InChI is InChI=1S/C16H24N2O4/c1-11(2)20-8-4-7-17-16(19)18-12(3)13-5-6-14-15(9-13)22-10-21-14/h5-6,9,11-12H,4,7-8,10H2,1-3H3,(H2,17,18,19)/t12-/m1/s1. The van der Waals surface area contributed by atoms with Crippen molar-refractivity contribution >= 4 is 6.03 Å². The van der Waals surface area contributed by atoms with E-state index in [9.17, 15) is 4.79 Å². The van der Waals surface area contributed by atoms with Crippen molar-refractivity contribution in [1.29, 1.82) is 0 Å². The predicted octanol–water partition coefficient (Wildman–Crippen LogP) is 2.59. The topological polar surface area (TPSA) is 68.8 Å². The Labute approximate surface area is 131 Å². The Bertz CT molecular complexity index is 505. The smallest absolute Gasteiger partial charge is 0.315 e. The lowest BCUT2D eigenvalue weighted by Crippen LogP contribution is -2.37. The molecule has 0 aromatic heterocycles. The van der Waals surface area contributed by atoms with Crippen LogP contribution in [0.15, 0.2) is 18.2 Å². The third-order valence-electron chi connectivity index (χ3n) is 3.30. The summed E-state index contributed by atoms with van der Waals surface area (Å²) in [6.07, 6.45) is 1.02. The van der Waals surface area contributed by atoms with Gasteiger partial charge in [-0.3, -0.25) is 0 Å². The van der Waals surface area contributed by atoms with E-state index in [1.807, 2.05) is 39.0 Å². The SMILES string of the molecule is CC(C)OCCCNC(=O)N[C@H](C)c1ccc2c(c1)OCO2. The highest BCUT2D eigenvalue weighted by atomic mass is 16.7. The Morgan fingerprint density at radius 1 is 1.27 bits per heavy atom. The fraction of sp³-hybridized carbons (Fsp3) is 0.562. The first-order valence-corrected chi connectivity index (χ1v) is 7.62. The number of fused-ring (bicyclic) bond motifs is 1. The molecule has 1 aromatic rings. The molecule has 0 saturated heterocycles. The second-order valence-electron chi connectivity index (χ2n) is 5.51. The van der Waals surface area contributed by atoms with Crippen LogP contribution in [0, 0.1) is 0 Å². The van der Waals surface area contributed by atoms with Crippen LogP contribution in [-0.2, 0) is 4.74 Å². The third-order valence-corrected chi connectivity index (χ3v) is 3.30. The van der Waals surface area contributed by atoms with Crippen molar-refractivity contribution < 1.29 is 19.0 Å². The van der Waals surface area contributed by atoms with Gasteiger partial charge in [-0.2, -0.15) is 0 Å². The van der Waals surface area contributed by atoms with E-state index in [0.29, 0.717) is 13.2 Å². The summed E-state index contributed by atoms with van der Waals surface area (Å²) in [5.41, 5.74) is 0.975. The zero-order valence-electron chi connectivity index (χ0n) is 13.3. The Balaban J connectivity index is 1.72. The van der Waals surface area contributed by atoms with Crippen LogP contribution in [0.5, 0.6) is 11.5 Å². The van der Waals surface area contributed by atoms with Gasteiger partial charge in [0.15, 0.2) is 11.5 Å². The molecule has 2 amide bonds. The molecule has 1 aromatic carbocycles.